The van der Waals surface area contributed by atoms with Crippen molar-refractivity contribution in [3.05, 3.63) is 153 Å². The molecule has 2 aromatic heterocycles. The lowest BCUT2D eigenvalue weighted by molar-refractivity contribution is 0.0555. The Labute approximate surface area is 423 Å². The minimum Gasteiger partial charge on any atom is -0.465 e. The first-order valence-electron chi connectivity index (χ1n) is 22.6. The number of halogens is 3. The molecule has 0 bridgehead atoms. The predicted molar refractivity (Wildman–Crippen MR) is 268 cm³/mol. The molecule has 2 aliphatic carbocycles. The van der Waals surface area contributed by atoms with E-state index in [9.17, 15) is 24.0 Å². The maximum absolute atomic E-state index is 13.8. The van der Waals surface area contributed by atoms with E-state index in [0.717, 1.165) is 48.7 Å². The van der Waals surface area contributed by atoms with Crippen LogP contribution in [0.4, 0.5) is 22.7 Å². The highest BCUT2D eigenvalue weighted by Gasteiger charge is 2.38. The van der Waals surface area contributed by atoms with Gasteiger partial charge in [0, 0.05) is 69.1 Å². The number of aromatic nitrogens is 2. The SMILES string of the molecule is COC(=O)c1cc(Cl)c(Oc2ccncc2C(=O)N2CCN(C3CC3)c3ccccc32)cc1C(=O)OC.COC(=O)c1cc(Cl)c(Oc2ccncc2C(=O)N2CCN(C3CC3)c3ccccc32)cc1Cl. The number of pyridine rings is 2. The van der Waals surface area contributed by atoms with Crippen LogP contribution in [-0.2, 0) is 14.2 Å². The average molecular weight is 1020 g/mol. The number of para-hydroxylation sites is 4. The molecule has 4 aromatic carbocycles. The zero-order valence-electron chi connectivity index (χ0n) is 38.6. The Bertz CT molecular complexity index is 3080. The Hall–Kier alpha value is -7.40. The molecule has 0 spiro atoms. The molecule has 0 unspecified atom stereocenters. The summed E-state index contributed by atoms with van der Waals surface area (Å²) in [5.74, 6) is -1.87. The number of amides is 2. The van der Waals surface area contributed by atoms with Crippen LogP contribution in [0.1, 0.15) is 77.5 Å². The smallest absolute Gasteiger partial charge is 0.339 e. The largest absolute Gasteiger partial charge is 0.465 e. The van der Waals surface area contributed by atoms with Gasteiger partial charge in [-0.1, -0.05) is 59.1 Å². The number of benzene rings is 4. The second-order valence-electron chi connectivity index (χ2n) is 16.8. The molecule has 0 saturated heterocycles. The molecule has 2 amide bonds. The van der Waals surface area contributed by atoms with Crippen LogP contribution in [0, 0.1) is 0 Å². The average Bonchev–Trinajstić information content (AvgIpc) is 4.35. The lowest BCUT2D eigenvalue weighted by Gasteiger charge is -2.38. The van der Waals surface area contributed by atoms with E-state index in [1.807, 2.05) is 42.5 Å². The molecule has 2 aliphatic heterocycles. The highest BCUT2D eigenvalue weighted by Crippen LogP contribution is 2.44. The maximum atomic E-state index is 13.8. The molecule has 364 valence electrons. The van der Waals surface area contributed by atoms with Crippen molar-refractivity contribution in [1.29, 1.82) is 0 Å². The van der Waals surface area contributed by atoms with Crippen molar-refractivity contribution >= 4 is 87.3 Å². The van der Waals surface area contributed by atoms with E-state index >= 15 is 0 Å². The van der Waals surface area contributed by atoms with Gasteiger partial charge in [-0.05, 0) is 80.3 Å². The van der Waals surface area contributed by atoms with E-state index in [-0.39, 0.29) is 72.1 Å². The molecule has 0 radical (unpaired) electrons. The number of nitrogens with zero attached hydrogens (tertiary/aromatic N) is 6. The lowest BCUT2D eigenvalue weighted by atomic mass is 10.1. The normalized spacial score (nSPS) is 14.8. The first-order valence-corrected chi connectivity index (χ1v) is 23.7. The predicted octanol–water partition coefficient (Wildman–Crippen LogP) is 10.3. The molecule has 16 nitrogen and oxygen atoms in total. The fourth-order valence-corrected chi connectivity index (χ4v) is 9.21. The van der Waals surface area contributed by atoms with Crippen molar-refractivity contribution in [3.8, 4) is 23.0 Å². The van der Waals surface area contributed by atoms with Gasteiger partial charge in [0.2, 0.25) is 0 Å². The van der Waals surface area contributed by atoms with Crippen LogP contribution in [-0.4, -0.2) is 99.3 Å². The third kappa shape index (κ3) is 10.1. The first kappa shape index (κ1) is 48.6. The Morgan fingerprint density at radius 1 is 0.465 bits per heavy atom. The lowest BCUT2D eigenvalue weighted by Crippen LogP contribution is -2.45. The molecular formula is C52H45Cl3N6O10. The zero-order chi connectivity index (χ0) is 49.9. The van der Waals surface area contributed by atoms with Crippen LogP contribution in [0.15, 0.2) is 110 Å². The van der Waals surface area contributed by atoms with E-state index in [0.29, 0.717) is 30.7 Å². The number of rotatable bonds is 11. The van der Waals surface area contributed by atoms with Crippen molar-refractivity contribution < 1.29 is 47.7 Å². The second kappa shape index (κ2) is 20.9. The maximum Gasteiger partial charge on any atom is 0.339 e. The van der Waals surface area contributed by atoms with Crippen LogP contribution >= 0.6 is 34.8 Å². The molecule has 4 heterocycles. The van der Waals surface area contributed by atoms with Gasteiger partial charge >= 0.3 is 17.9 Å². The monoisotopic (exact) mass is 1020 g/mol. The number of anilines is 4. The Morgan fingerprint density at radius 2 is 0.859 bits per heavy atom. The van der Waals surface area contributed by atoms with Crippen LogP contribution in [0.5, 0.6) is 23.0 Å². The van der Waals surface area contributed by atoms with Gasteiger partial charge in [0.15, 0.2) is 0 Å². The molecule has 71 heavy (non-hydrogen) atoms. The number of carbonyl (C=O) groups is 5. The Kier molecular flexibility index (Phi) is 14.3. The van der Waals surface area contributed by atoms with Crippen LogP contribution in [0.3, 0.4) is 0 Å². The van der Waals surface area contributed by atoms with E-state index in [2.05, 4.69) is 25.8 Å². The summed E-state index contributed by atoms with van der Waals surface area (Å²) in [6.07, 6.45) is 10.6. The summed E-state index contributed by atoms with van der Waals surface area (Å²) >= 11 is 19.0. The van der Waals surface area contributed by atoms with Crippen LogP contribution < -0.4 is 29.1 Å². The van der Waals surface area contributed by atoms with Crippen molar-refractivity contribution in [2.45, 2.75) is 37.8 Å². The molecule has 0 N–H and O–H groups in total. The van der Waals surface area contributed by atoms with Gasteiger partial charge in [-0.2, -0.15) is 0 Å². The van der Waals surface area contributed by atoms with Gasteiger partial charge < -0.3 is 43.3 Å². The van der Waals surface area contributed by atoms with Crippen LogP contribution in [0.2, 0.25) is 15.1 Å². The minimum absolute atomic E-state index is 0.0478. The quantitative estimate of drug-likeness (QED) is 0.0887. The summed E-state index contributed by atoms with van der Waals surface area (Å²) in [7, 11) is 3.65. The summed E-state index contributed by atoms with van der Waals surface area (Å²) < 4.78 is 26.3. The third-order valence-electron chi connectivity index (χ3n) is 12.3. The van der Waals surface area contributed by atoms with Gasteiger partial charge in [0.25, 0.3) is 11.8 Å². The topological polar surface area (TPSA) is 170 Å². The summed E-state index contributed by atoms with van der Waals surface area (Å²) in [5.41, 5.74) is 4.27. The second-order valence-corrected chi connectivity index (χ2v) is 18.0. The number of methoxy groups -OCH3 is 3. The Balaban J connectivity index is 0.000000176. The van der Waals surface area contributed by atoms with E-state index < -0.39 is 17.9 Å². The van der Waals surface area contributed by atoms with Gasteiger partial charge in [-0.25, -0.2) is 14.4 Å². The number of carbonyl (C=O) groups excluding carboxylic acids is 5. The summed E-state index contributed by atoms with van der Waals surface area (Å²) in [6, 6.07) is 25.4. The first-order chi connectivity index (χ1) is 34.4. The molecule has 4 aliphatic rings. The van der Waals surface area contributed by atoms with Gasteiger partial charge in [0.1, 0.15) is 34.1 Å². The number of ether oxygens (including phenoxy) is 5. The number of esters is 3. The molecule has 2 fully saturated rings. The summed E-state index contributed by atoms with van der Waals surface area (Å²) in [6.45, 7) is 2.57. The van der Waals surface area contributed by atoms with Crippen molar-refractivity contribution in [2.24, 2.45) is 0 Å². The number of hydrogen-bond donors (Lipinski definition) is 0. The van der Waals surface area contributed by atoms with Crippen molar-refractivity contribution in [1.82, 2.24) is 9.97 Å². The van der Waals surface area contributed by atoms with E-state index in [1.54, 1.807) is 21.9 Å². The molecule has 6 aromatic rings. The Morgan fingerprint density at radius 3 is 1.30 bits per heavy atom. The third-order valence-corrected chi connectivity index (χ3v) is 13.2. The molecule has 0 atom stereocenters. The number of fused-ring (bicyclic) bond motifs is 2. The highest BCUT2D eigenvalue weighted by molar-refractivity contribution is 6.36. The van der Waals surface area contributed by atoms with Crippen molar-refractivity contribution in [2.75, 3.05) is 67.1 Å². The summed E-state index contributed by atoms with van der Waals surface area (Å²) in [4.78, 5) is 80.3. The highest BCUT2D eigenvalue weighted by atomic mass is 35.5. The van der Waals surface area contributed by atoms with Gasteiger partial charge in [-0.15, -0.1) is 0 Å². The van der Waals surface area contributed by atoms with E-state index in [1.165, 1.54) is 83.2 Å². The molecule has 19 heteroatoms. The number of hydrogen-bond acceptors (Lipinski definition) is 14. The standard InChI is InChI=1S/C27H24ClN3O6.C25H21Cl2N3O4/c1-35-26(33)17-13-20(28)24(14-18(17)27(34)36-2)37-23-9-10-29-15-19(23)25(32)31-12-11-30(16-7-8-16)21-5-3-4-6-22(21)31;1-33-25(32)16-12-19(27)23(13-18(16)26)34-22-8-9-28-14-17(22)24(31)30-11-10-29(15-6-7-15)20-4-2-3-5-21(20)30/h3-6,9-10,13-16H,7-8,11-12H2,1-2H3;2-5,8-9,12-15H,6-7,10-11H2,1H3. The van der Waals surface area contributed by atoms with Gasteiger partial charge in [0.05, 0.1) is 75.8 Å². The minimum atomic E-state index is -0.766. The van der Waals surface area contributed by atoms with Crippen molar-refractivity contribution in [3.63, 3.8) is 0 Å². The van der Waals surface area contributed by atoms with Crippen LogP contribution in [0.25, 0.3) is 0 Å². The zero-order valence-corrected chi connectivity index (χ0v) is 40.9. The molecular weight excluding hydrogens is 975 g/mol. The van der Waals surface area contributed by atoms with Gasteiger partial charge in [-0.3, -0.25) is 19.6 Å². The van der Waals surface area contributed by atoms with E-state index in [4.69, 9.17) is 58.5 Å². The fourth-order valence-electron chi connectivity index (χ4n) is 8.57. The molecule has 10 rings (SSSR count). The summed E-state index contributed by atoms with van der Waals surface area (Å²) in [5, 5.41) is 0.327. The molecule has 2 saturated carbocycles. The fraction of sp³-hybridized carbons (Fsp3) is 0.250.